The van der Waals surface area contributed by atoms with Crippen LogP contribution in [0.3, 0.4) is 0 Å². The normalized spacial score (nSPS) is 14.1. The zero-order valence-corrected chi connectivity index (χ0v) is 13.6. The van der Waals surface area contributed by atoms with E-state index in [1.54, 1.807) is 12.2 Å². The minimum Gasteiger partial charge on any atom is -0.507 e. The lowest BCUT2D eigenvalue weighted by atomic mass is 9.89. The molecule has 1 aliphatic heterocycles. The van der Waals surface area contributed by atoms with E-state index in [1.807, 2.05) is 11.0 Å². The molecule has 0 spiro atoms. The van der Waals surface area contributed by atoms with Crippen LogP contribution in [-0.4, -0.2) is 17.6 Å². The highest BCUT2D eigenvalue weighted by Gasteiger charge is 2.28. The molecule has 0 atom stereocenters. The summed E-state index contributed by atoms with van der Waals surface area (Å²) in [7, 11) is 0. The maximum Gasteiger partial charge on any atom is 0.227 e. The van der Waals surface area contributed by atoms with Crippen molar-refractivity contribution in [2.45, 2.75) is 39.5 Å². The van der Waals surface area contributed by atoms with Gasteiger partial charge in [-0.3, -0.25) is 4.79 Å². The molecule has 0 saturated heterocycles. The van der Waals surface area contributed by atoms with Gasteiger partial charge in [0.1, 0.15) is 5.75 Å². The van der Waals surface area contributed by atoms with Gasteiger partial charge >= 0.3 is 0 Å². The number of anilines is 1. The van der Waals surface area contributed by atoms with Gasteiger partial charge in [0, 0.05) is 24.2 Å². The summed E-state index contributed by atoms with van der Waals surface area (Å²) >= 11 is 0. The van der Waals surface area contributed by atoms with Crippen molar-refractivity contribution < 1.29 is 9.90 Å². The maximum atomic E-state index is 12.3. The number of carbonyl (C=O) groups is 1. The predicted molar refractivity (Wildman–Crippen MR) is 91.4 cm³/mol. The van der Waals surface area contributed by atoms with Gasteiger partial charge in [-0.25, -0.2) is 0 Å². The lowest BCUT2D eigenvalue weighted by molar-refractivity contribution is -0.119. The fraction of sp³-hybridized carbons (Fsp3) is 0.421. The zero-order chi connectivity index (χ0) is 16.3. The minimum atomic E-state index is 0.168. The maximum absolute atomic E-state index is 12.3. The first-order chi connectivity index (χ1) is 10.5. The summed E-state index contributed by atoms with van der Waals surface area (Å²) in [6.07, 6.45) is 5.97. The van der Waals surface area contributed by atoms with Crippen LogP contribution in [0, 0.1) is 5.92 Å². The van der Waals surface area contributed by atoms with Gasteiger partial charge in [0.25, 0.3) is 0 Å². The molecule has 0 aliphatic carbocycles. The van der Waals surface area contributed by atoms with Crippen molar-refractivity contribution in [3.05, 3.63) is 48.1 Å². The van der Waals surface area contributed by atoms with Gasteiger partial charge < -0.3 is 10.0 Å². The fourth-order valence-electron chi connectivity index (χ4n) is 3.07. The van der Waals surface area contributed by atoms with Crippen molar-refractivity contribution in [2.75, 3.05) is 11.4 Å². The van der Waals surface area contributed by atoms with E-state index in [9.17, 15) is 9.90 Å². The van der Waals surface area contributed by atoms with E-state index in [0.717, 1.165) is 22.4 Å². The van der Waals surface area contributed by atoms with Gasteiger partial charge in [0.2, 0.25) is 5.91 Å². The molecule has 0 radical (unpaired) electrons. The first kappa shape index (κ1) is 16.3. The topological polar surface area (TPSA) is 40.5 Å². The number of phenols is 1. The summed E-state index contributed by atoms with van der Waals surface area (Å²) in [5.74, 6) is 0.896. The second-order valence-corrected chi connectivity index (χ2v) is 6.24. The van der Waals surface area contributed by atoms with Crippen LogP contribution >= 0.6 is 0 Å². The number of rotatable bonds is 6. The van der Waals surface area contributed by atoms with Crippen molar-refractivity contribution in [2.24, 2.45) is 5.92 Å². The third-order valence-corrected chi connectivity index (χ3v) is 4.02. The summed E-state index contributed by atoms with van der Waals surface area (Å²) in [6, 6.07) is 1.96. The zero-order valence-electron chi connectivity index (χ0n) is 13.6. The molecular weight excluding hydrogens is 274 g/mol. The molecule has 2 rings (SSSR count). The summed E-state index contributed by atoms with van der Waals surface area (Å²) in [5, 5.41) is 10.5. The minimum absolute atomic E-state index is 0.168. The number of amides is 1. The number of carbonyl (C=O) groups excluding carboxylic acids is 1. The molecule has 3 heteroatoms. The van der Waals surface area contributed by atoms with Crippen molar-refractivity contribution >= 4 is 11.6 Å². The first-order valence-electron chi connectivity index (χ1n) is 7.88. The van der Waals surface area contributed by atoms with E-state index in [-0.39, 0.29) is 5.91 Å². The van der Waals surface area contributed by atoms with Crippen LogP contribution in [0.4, 0.5) is 5.69 Å². The van der Waals surface area contributed by atoms with Crippen LogP contribution in [0.2, 0.25) is 0 Å². The Morgan fingerprint density at radius 3 is 2.55 bits per heavy atom. The van der Waals surface area contributed by atoms with E-state index in [1.165, 1.54) is 0 Å². The molecule has 0 saturated carbocycles. The molecule has 1 aromatic rings. The number of aromatic hydroxyl groups is 1. The second-order valence-electron chi connectivity index (χ2n) is 6.24. The molecule has 22 heavy (non-hydrogen) atoms. The van der Waals surface area contributed by atoms with E-state index in [4.69, 9.17) is 0 Å². The van der Waals surface area contributed by atoms with Crippen LogP contribution in [0.25, 0.3) is 0 Å². The largest absolute Gasteiger partial charge is 0.507 e. The highest BCUT2D eigenvalue weighted by Crippen LogP contribution is 2.39. The second kappa shape index (κ2) is 6.82. The molecule has 1 aromatic carbocycles. The average molecular weight is 299 g/mol. The van der Waals surface area contributed by atoms with Crippen LogP contribution in [0.15, 0.2) is 31.4 Å². The molecule has 0 fully saturated rings. The molecular formula is C19H25NO2. The Balaban J connectivity index is 2.61. The Hall–Kier alpha value is -2.03. The third kappa shape index (κ3) is 3.08. The summed E-state index contributed by atoms with van der Waals surface area (Å²) in [4.78, 5) is 14.2. The Morgan fingerprint density at radius 1 is 1.27 bits per heavy atom. The van der Waals surface area contributed by atoms with Gasteiger partial charge in [-0.1, -0.05) is 26.0 Å². The van der Waals surface area contributed by atoms with Crippen LogP contribution < -0.4 is 4.90 Å². The summed E-state index contributed by atoms with van der Waals surface area (Å²) < 4.78 is 0. The molecule has 1 aliphatic rings. The monoisotopic (exact) mass is 299 g/mol. The van der Waals surface area contributed by atoms with E-state index in [0.29, 0.717) is 43.9 Å². The van der Waals surface area contributed by atoms with Crippen molar-refractivity contribution in [3.63, 3.8) is 0 Å². The lowest BCUT2D eigenvalue weighted by Crippen LogP contribution is -2.38. The number of phenolic OH excluding ortho intramolecular Hbond substituents is 1. The molecule has 0 bridgehead atoms. The summed E-state index contributed by atoms with van der Waals surface area (Å²) in [6.45, 7) is 12.5. The molecule has 1 amide bonds. The fourth-order valence-corrected chi connectivity index (χ4v) is 3.07. The molecule has 0 aromatic heterocycles. The van der Waals surface area contributed by atoms with E-state index < -0.39 is 0 Å². The molecule has 1 N–H and O–H groups in total. The van der Waals surface area contributed by atoms with Crippen molar-refractivity contribution in [1.82, 2.24) is 0 Å². The van der Waals surface area contributed by atoms with E-state index >= 15 is 0 Å². The molecule has 0 unspecified atom stereocenters. The number of hydrogen-bond donors (Lipinski definition) is 1. The SMILES string of the molecule is C=CCc1cc2c(c(CC=C)c1O)CCC(=O)N2CC(C)C. The smallest absolute Gasteiger partial charge is 0.227 e. The lowest BCUT2D eigenvalue weighted by Gasteiger charge is -2.33. The Bertz CT molecular complexity index is 602. The van der Waals surface area contributed by atoms with Gasteiger partial charge in [-0.05, 0) is 42.4 Å². The van der Waals surface area contributed by atoms with Crippen LogP contribution in [-0.2, 0) is 24.1 Å². The van der Waals surface area contributed by atoms with Crippen LogP contribution in [0.1, 0.15) is 37.0 Å². The number of hydrogen-bond acceptors (Lipinski definition) is 2. The number of nitrogens with zero attached hydrogens (tertiary/aromatic N) is 1. The van der Waals surface area contributed by atoms with Gasteiger partial charge in [-0.15, -0.1) is 13.2 Å². The van der Waals surface area contributed by atoms with Gasteiger partial charge in [0.05, 0.1) is 0 Å². The van der Waals surface area contributed by atoms with Crippen molar-refractivity contribution in [3.8, 4) is 5.75 Å². The number of benzene rings is 1. The third-order valence-electron chi connectivity index (χ3n) is 4.02. The Morgan fingerprint density at radius 2 is 1.95 bits per heavy atom. The van der Waals surface area contributed by atoms with Crippen molar-refractivity contribution in [1.29, 1.82) is 0 Å². The highest BCUT2D eigenvalue weighted by molar-refractivity contribution is 5.97. The number of allylic oxidation sites excluding steroid dienone is 2. The Kier molecular flexibility index (Phi) is 5.07. The molecule has 118 valence electrons. The average Bonchev–Trinajstić information content (AvgIpc) is 2.46. The van der Waals surface area contributed by atoms with Crippen LogP contribution in [0.5, 0.6) is 5.75 Å². The predicted octanol–water partition coefficient (Wildman–Crippen LogP) is 3.78. The first-order valence-corrected chi connectivity index (χ1v) is 7.88. The standard InChI is InChI=1S/C19H25NO2/c1-5-7-14-11-17-15(16(8-6-2)19(14)22)9-10-18(21)20(17)12-13(3)4/h5-6,11,13,22H,1-2,7-10,12H2,3-4H3. The highest BCUT2D eigenvalue weighted by atomic mass is 16.3. The summed E-state index contributed by atoms with van der Waals surface area (Å²) in [5.41, 5.74) is 3.78. The quantitative estimate of drug-likeness (QED) is 0.812. The van der Waals surface area contributed by atoms with E-state index in [2.05, 4.69) is 27.0 Å². The molecule has 1 heterocycles. The molecule has 3 nitrogen and oxygen atoms in total. The van der Waals surface area contributed by atoms with Gasteiger partial charge in [0.15, 0.2) is 0 Å². The Labute approximate surface area is 133 Å². The van der Waals surface area contributed by atoms with Gasteiger partial charge in [-0.2, -0.15) is 0 Å². The number of fused-ring (bicyclic) bond motifs is 1.